The van der Waals surface area contributed by atoms with Crippen LogP contribution in [0.5, 0.6) is 5.75 Å². The standard InChI is InChI=1S/C30H33F2N3O3S/c1-18(36)12-27-33-20(3)28(39-27)29(37)34-19(2)22-6-4-21(5-7-22)15-35-11-10-23-13-26(9-8-24(23)16-35)38-17-25-14-30(25,31)32/h4-9,13,19,25H,10-12,14-17H2,1-3H3,(H,34,37)/t19-,25?/m0/s1. The van der Waals surface area contributed by atoms with Gasteiger partial charge in [0.05, 0.1) is 30.7 Å². The number of carbonyl (C=O) groups excluding carboxylic acids is 2. The summed E-state index contributed by atoms with van der Waals surface area (Å²) in [7, 11) is 0. The molecule has 1 aliphatic heterocycles. The van der Waals surface area contributed by atoms with Gasteiger partial charge < -0.3 is 10.1 Å². The van der Waals surface area contributed by atoms with Crippen LogP contribution in [0.25, 0.3) is 0 Å². The van der Waals surface area contributed by atoms with Gasteiger partial charge in [0.1, 0.15) is 21.4 Å². The fraction of sp³-hybridized carbons (Fsp3) is 0.433. The van der Waals surface area contributed by atoms with Gasteiger partial charge in [0, 0.05) is 26.1 Å². The second-order valence-electron chi connectivity index (χ2n) is 10.7. The lowest BCUT2D eigenvalue weighted by Gasteiger charge is -2.29. The van der Waals surface area contributed by atoms with Crippen molar-refractivity contribution in [1.82, 2.24) is 15.2 Å². The molecule has 1 saturated carbocycles. The number of alkyl halides is 2. The summed E-state index contributed by atoms with van der Waals surface area (Å²) in [5.41, 5.74) is 5.31. The smallest absolute Gasteiger partial charge is 0.263 e. The number of nitrogens with zero attached hydrogens (tertiary/aromatic N) is 2. The van der Waals surface area contributed by atoms with Crippen molar-refractivity contribution in [3.63, 3.8) is 0 Å². The number of ether oxygens (including phenoxy) is 1. The van der Waals surface area contributed by atoms with Gasteiger partial charge in [-0.1, -0.05) is 30.3 Å². The Morgan fingerprint density at radius 3 is 2.64 bits per heavy atom. The highest BCUT2D eigenvalue weighted by Gasteiger charge is 2.57. The minimum absolute atomic E-state index is 0.0255. The second-order valence-corrected chi connectivity index (χ2v) is 11.8. The predicted molar refractivity (Wildman–Crippen MR) is 146 cm³/mol. The van der Waals surface area contributed by atoms with E-state index in [4.69, 9.17) is 4.74 Å². The Labute approximate surface area is 231 Å². The van der Waals surface area contributed by atoms with Gasteiger partial charge in [-0.2, -0.15) is 0 Å². The molecule has 1 unspecified atom stereocenters. The number of fused-ring (bicyclic) bond motifs is 1. The maximum absolute atomic E-state index is 13.1. The fourth-order valence-electron chi connectivity index (χ4n) is 4.93. The number of amides is 1. The number of hydrogen-bond donors (Lipinski definition) is 1. The van der Waals surface area contributed by atoms with E-state index in [-0.39, 0.29) is 37.2 Å². The molecule has 2 aromatic carbocycles. The topological polar surface area (TPSA) is 71.5 Å². The quantitative estimate of drug-likeness (QED) is 0.351. The molecule has 2 heterocycles. The molecule has 6 nitrogen and oxygen atoms in total. The van der Waals surface area contributed by atoms with Crippen LogP contribution < -0.4 is 10.1 Å². The van der Waals surface area contributed by atoms with E-state index >= 15 is 0 Å². The third kappa shape index (κ3) is 6.70. The average molecular weight is 554 g/mol. The molecule has 2 atom stereocenters. The Balaban J connectivity index is 1.13. The van der Waals surface area contributed by atoms with Crippen molar-refractivity contribution >= 4 is 23.0 Å². The lowest BCUT2D eigenvalue weighted by atomic mass is 9.98. The van der Waals surface area contributed by atoms with Crippen molar-refractivity contribution in [2.24, 2.45) is 5.92 Å². The van der Waals surface area contributed by atoms with Crippen LogP contribution in [0.3, 0.4) is 0 Å². The lowest BCUT2D eigenvalue weighted by molar-refractivity contribution is -0.116. The molecule has 0 bridgehead atoms. The highest BCUT2D eigenvalue weighted by Crippen LogP contribution is 2.48. The summed E-state index contributed by atoms with van der Waals surface area (Å²) in [4.78, 5) is 31.5. The van der Waals surface area contributed by atoms with Crippen LogP contribution in [0.2, 0.25) is 0 Å². The van der Waals surface area contributed by atoms with E-state index in [1.165, 1.54) is 35.0 Å². The third-order valence-electron chi connectivity index (χ3n) is 7.36. The number of rotatable bonds is 10. The molecule has 0 radical (unpaired) electrons. The fourth-order valence-corrected chi connectivity index (χ4v) is 5.97. The van der Waals surface area contributed by atoms with E-state index in [2.05, 4.69) is 27.3 Å². The normalized spacial score (nSPS) is 18.7. The minimum atomic E-state index is -2.55. The second kappa shape index (κ2) is 11.1. The summed E-state index contributed by atoms with van der Waals surface area (Å²) in [6.45, 7) is 7.88. The van der Waals surface area contributed by atoms with E-state index in [0.717, 1.165) is 31.6 Å². The zero-order valence-corrected chi connectivity index (χ0v) is 23.2. The zero-order valence-electron chi connectivity index (χ0n) is 22.4. The highest BCUT2D eigenvalue weighted by atomic mass is 32.1. The van der Waals surface area contributed by atoms with E-state index in [0.29, 0.717) is 21.3 Å². The number of nitrogens with one attached hydrogen (secondary N) is 1. The largest absolute Gasteiger partial charge is 0.493 e. The molecule has 1 amide bonds. The Morgan fingerprint density at radius 1 is 1.21 bits per heavy atom. The summed E-state index contributed by atoms with van der Waals surface area (Å²) in [5.74, 6) is -2.69. The first-order valence-corrected chi connectivity index (χ1v) is 14.1. The maximum Gasteiger partial charge on any atom is 0.263 e. The molecule has 5 rings (SSSR count). The summed E-state index contributed by atoms with van der Waals surface area (Å²) in [5, 5.41) is 3.71. The summed E-state index contributed by atoms with van der Waals surface area (Å²) in [6.07, 6.45) is 1.06. The molecule has 0 saturated heterocycles. The van der Waals surface area contributed by atoms with Crippen LogP contribution in [0.1, 0.15) is 68.9 Å². The number of halogens is 2. The van der Waals surface area contributed by atoms with Gasteiger partial charge in [-0.15, -0.1) is 11.3 Å². The number of benzene rings is 2. The Kier molecular flexibility index (Phi) is 7.82. The van der Waals surface area contributed by atoms with Gasteiger partial charge in [0.25, 0.3) is 11.8 Å². The molecular formula is C30H33F2N3O3S. The molecule has 206 valence electrons. The number of ketones is 1. The van der Waals surface area contributed by atoms with Gasteiger partial charge >= 0.3 is 0 Å². The number of aryl methyl sites for hydroxylation is 1. The number of thiazole rings is 1. The first-order valence-electron chi connectivity index (χ1n) is 13.3. The first kappa shape index (κ1) is 27.4. The monoisotopic (exact) mass is 553 g/mol. The Bertz CT molecular complexity index is 1370. The van der Waals surface area contributed by atoms with Crippen molar-refractivity contribution in [3.8, 4) is 5.75 Å². The molecule has 39 heavy (non-hydrogen) atoms. The third-order valence-corrected chi connectivity index (χ3v) is 8.51. The highest BCUT2D eigenvalue weighted by molar-refractivity contribution is 7.13. The molecule has 1 aromatic heterocycles. The predicted octanol–water partition coefficient (Wildman–Crippen LogP) is 5.67. The zero-order chi connectivity index (χ0) is 27.7. The number of carbonyl (C=O) groups is 2. The van der Waals surface area contributed by atoms with E-state index < -0.39 is 11.8 Å². The van der Waals surface area contributed by atoms with Crippen molar-refractivity contribution < 1.29 is 23.1 Å². The van der Waals surface area contributed by atoms with Crippen LogP contribution >= 0.6 is 11.3 Å². The average Bonchev–Trinajstić information content (AvgIpc) is 3.34. The van der Waals surface area contributed by atoms with Crippen LogP contribution in [0.4, 0.5) is 8.78 Å². The van der Waals surface area contributed by atoms with E-state index in [1.54, 1.807) is 6.92 Å². The van der Waals surface area contributed by atoms with Gasteiger partial charge in [-0.25, -0.2) is 13.8 Å². The van der Waals surface area contributed by atoms with Crippen LogP contribution in [0.15, 0.2) is 42.5 Å². The van der Waals surface area contributed by atoms with E-state index in [1.807, 2.05) is 37.3 Å². The lowest BCUT2D eigenvalue weighted by Crippen LogP contribution is -2.30. The summed E-state index contributed by atoms with van der Waals surface area (Å²) < 4.78 is 31.8. The maximum atomic E-state index is 13.1. The SMILES string of the molecule is CC(=O)Cc1nc(C)c(C(=O)N[C@@H](C)c2ccc(CN3CCc4cc(OCC5CC5(F)F)ccc4C3)cc2)s1. The van der Waals surface area contributed by atoms with Crippen molar-refractivity contribution in [1.29, 1.82) is 0 Å². The number of Topliss-reactive ketones (excluding diaryl/α,β-unsaturated/α-hetero) is 1. The van der Waals surface area contributed by atoms with Gasteiger partial charge in [0.2, 0.25) is 0 Å². The van der Waals surface area contributed by atoms with Crippen LogP contribution in [-0.2, 0) is 30.7 Å². The van der Waals surface area contributed by atoms with Crippen LogP contribution in [-0.4, -0.2) is 40.6 Å². The molecule has 9 heteroatoms. The molecule has 1 aliphatic carbocycles. The molecular weight excluding hydrogens is 520 g/mol. The van der Waals surface area contributed by atoms with Gasteiger partial charge in [-0.05, 0) is 61.6 Å². The van der Waals surface area contributed by atoms with E-state index in [9.17, 15) is 18.4 Å². The molecule has 3 aromatic rings. The molecule has 2 aliphatic rings. The van der Waals surface area contributed by atoms with Crippen molar-refractivity contribution in [2.75, 3.05) is 13.2 Å². The molecule has 1 fully saturated rings. The van der Waals surface area contributed by atoms with Gasteiger partial charge in [0.15, 0.2) is 0 Å². The van der Waals surface area contributed by atoms with Crippen molar-refractivity contribution in [3.05, 3.63) is 80.3 Å². The number of hydrogen-bond acceptors (Lipinski definition) is 6. The number of aromatic nitrogens is 1. The van der Waals surface area contributed by atoms with Crippen molar-refractivity contribution in [2.45, 2.75) is 65.1 Å². The minimum Gasteiger partial charge on any atom is -0.493 e. The van der Waals surface area contributed by atoms with Gasteiger partial charge in [-0.3, -0.25) is 14.5 Å². The first-order chi connectivity index (χ1) is 18.6. The molecule has 0 spiro atoms. The summed E-state index contributed by atoms with van der Waals surface area (Å²) in [6, 6.07) is 14.0. The Morgan fingerprint density at radius 2 is 1.95 bits per heavy atom. The molecule has 1 N–H and O–H groups in total. The summed E-state index contributed by atoms with van der Waals surface area (Å²) >= 11 is 1.27. The van der Waals surface area contributed by atoms with Crippen LogP contribution in [0, 0.1) is 12.8 Å². The Hall–Kier alpha value is -3.17.